The van der Waals surface area contributed by atoms with Crippen LogP contribution in [-0.2, 0) is 4.74 Å². The molecule has 0 N–H and O–H groups in total. The van der Waals surface area contributed by atoms with Crippen molar-refractivity contribution in [3.63, 3.8) is 0 Å². The summed E-state index contributed by atoms with van der Waals surface area (Å²) in [7, 11) is 0. The van der Waals surface area contributed by atoms with Crippen molar-refractivity contribution < 1.29 is 9.77 Å². The molecule has 2 heterocycles. The lowest BCUT2D eigenvalue weighted by Crippen LogP contribution is -2.37. The minimum atomic E-state index is -0.622. The van der Waals surface area contributed by atoms with Crippen molar-refractivity contribution in [3.8, 4) is 0 Å². The lowest BCUT2D eigenvalue weighted by atomic mass is 9.98. The Bertz CT molecular complexity index is 677. The number of nitrogens with zero attached hydrogens (tertiary/aromatic N) is 4. The fraction of sp³-hybridized carbons (Fsp3) is 0.471. The Hall–Kier alpha value is -1.93. The number of hydrogen-bond donors (Lipinski definition) is 0. The zero-order chi connectivity index (χ0) is 17.8. The van der Waals surface area contributed by atoms with Crippen molar-refractivity contribution in [2.24, 2.45) is 16.9 Å². The molecule has 2 aliphatic heterocycles. The summed E-state index contributed by atoms with van der Waals surface area (Å²) in [6.07, 6.45) is 3.80. The Morgan fingerprint density at radius 3 is 2.76 bits per heavy atom. The molecule has 0 spiro atoms. The van der Waals surface area contributed by atoms with Crippen LogP contribution in [0.4, 0.5) is 0 Å². The summed E-state index contributed by atoms with van der Waals surface area (Å²) in [4.78, 5) is 14.8. The molecule has 8 heteroatoms. The third-order valence-corrected chi connectivity index (χ3v) is 5.14. The molecular weight excluding hydrogens is 388 g/mol. The first-order chi connectivity index (χ1) is 12.0. The predicted octanol–water partition coefficient (Wildman–Crippen LogP) is 2.87. The van der Waals surface area contributed by atoms with Crippen LogP contribution in [0.3, 0.4) is 0 Å². The van der Waals surface area contributed by atoms with Crippen LogP contribution in [0.2, 0.25) is 0 Å². The number of benzene rings is 1. The van der Waals surface area contributed by atoms with E-state index in [1.165, 1.54) is 0 Å². The van der Waals surface area contributed by atoms with E-state index >= 15 is 0 Å². The zero-order valence-electron chi connectivity index (χ0n) is 14.0. The Morgan fingerprint density at radius 1 is 1.36 bits per heavy atom. The van der Waals surface area contributed by atoms with E-state index in [0.29, 0.717) is 30.9 Å². The van der Waals surface area contributed by atoms with Gasteiger partial charge < -0.3 is 14.5 Å². The third kappa shape index (κ3) is 4.58. The molecule has 3 rings (SSSR count). The van der Waals surface area contributed by atoms with Gasteiger partial charge in [-0.05, 0) is 29.7 Å². The molecule has 1 aromatic carbocycles. The molecule has 0 amide bonds. The van der Waals surface area contributed by atoms with Crippen molar-refractivity contribution >= 4 is 28.0 Å². The van der Waals surface area contributed by atoms with Gasteiger partial charge in [0.2, 0.25) is 0 Å². The molecule has 2 unspecified atom stereocenters. The second-order valence-electron chi connectivity index (χ2n) is 6.42. The minimum Gasteiger partial charge on any atom is -0.381 e. The van der Waals surface area contributed by atoms with Crippen LogP contribution < -0.4 is 0 Å². The van der Waals surface area contributed by atoms with Gasteiger partial charge in [0.05, 0.1) is 6.61 Å². The first-order valence-electron chi connectivity index (χ1n) is 8.29. The van der Waals surface area contributed by atoms with E-state index in [4.69, 9.17) is 4.74 Å². The quantitative estimate of drug-likeness (QED) is 0.553. The molecular formula is C17H21BrN4O3. The van der Waals surface area contributed by atoms with E-state index in [1.807, 2.05) is 46.3 Å². The molecule has 7 nitrogen and oxygen atoms in total. The van der Waals surface area contributed by atoms with Gasteiger partial charge in [-0.3, -0.25) is 0 Å². The van der Waals surface area contributed by atoms with Gasteiger partial charge in [0, 0.05) is 42.8 Å². The molecule has 0 aliphatic carbocycles. The van der Waals surface area contributed by atoms with Gasteiger partial charge in [-0.15, -0.1) is 0 Å². The average Bonchev–Trinajstić information content (AvgIpc) is 3.14. The van der Waals surface area contributed by atoms with Gasteiger partial charge in [0.1, 0.15) is 5.10 Å². The fourth-order valence-electron chi connectivity index (χ4n) is 3.09. The largest absolute Gasteiger partial charge is 0.381 e. The van der Waals surface area contributed by atoms with E-state index in [0.717, 1.165) is 29.7 Å². The molecule has 0 radical (unpaired) electrons. The number of guanidine groups is 1. The molecule has 2 atom stereocenters. The summed E-state index contributed by atoms with van der Waals surface area (Å²) in [5.74, 6) is 1.24. The summed E-state index contributed by atoms with van der Waals surface area (Å²) >= 11 is 3.41. The van der Waals surface area contributed by atoms with Crippen LogP contribution in [0.25, 0.3) is 6.08 Å². The summed E-state index contributed by atoms with van der Waals surface area (Å²) in [6.45, 7) is 5.76. The highest BCUT2D eigenvalue weighted by molar-refractivity contribution is 9.10. The smallest absolute Gasteiger partial charge is 0.278 e. The van der Waals surface area contributed by atoms with E-state index in [9.17, 15) is 10.1 Å². The molecule has 0 aromatic heterocycles. The lowest BCUT2D eigenvalue weighted by molar-refractivity contribution is -0.486. The summed E-state index contributed by atoms with van der Waals surface area (Å²) in [5.41, 5.74) is 1.03. The monoisotopic (exact) mass is 408 g/mol. The Labute approximate surface area is 155 Å². The molecule has 134 valence electrons. The minimum absolute atomic E-state index is 0.382. The normalized spacial score (nSPS) is 25.4. The standard InChI is InChI=1S/C17H21BrN4O3/c1-13-11-25-12-15(13)10-21-9-8-20(17(21)19-22(23)24)7-6-14-2-4-16(18)5-3-14/h2-7,13,15H,8-12H2,1H3. The van der Waals surface area contributed by atoms with Gasteiger partial charge >= 0.3 is 0 Å². The summed E-state index contributed by atoms with van der Waals surface area (Å²) < 4.78 is 6.52. The number of hydrazone groups is 1. The first kappa shape index (κ1) is 17.9. The van der Waals surface area contributed by atoms with Crippen LogP contribution in [0.15, 0.2) is 40.0 Å². The molecule has 2 fully saturated rings. The number of ether oxygens (including phenoxy) is 1. The van der Waals surface area contributed by atoms with Crippen molar-refractivity contribution in [2.75, 3.05) is 32.8 Å². The van der Waals surface area contributed by atoms with Crippen molar-refractivity contribution in [1.29, 1.82) is 0 Å². The number of hydrogen-bond acceptors (Lipinski definition) is 3. The zero-order valence-corrected chi connectivity index (χ0v) is 15.6. The lowest BCUT2D eigenvalue weighted by Gasteiger charge is -2.23. The Kier molecular flexibility index (Phi) is 5.70. The Balaban J connectivity index is 1.72. The van der Waals surface area contributed by atoms with Crippen molar-refractivity contribution in [3.05, 3.63) is 50.6 Å². The Morgan fingerprint density at radius 2 is 2.12 bits per heavy atom. The molecule has 25 heavy (non-hydrogen) atoms. The molecule has 0 saturated carbocycles. The van der Waals surface area contributed by atoms with Gasteiger partial charge in [-0.1, -0.05) is 35.0 Å². The highest BCUT2D eigenvalue weighted by atomic mass is 79.9. The highest BCUT2D eigenvalue weighted by Gasteiger charge is 2.33. The molecule has 2 aliphatic rings. The van der Waals surface area contributed by atoms with Crippen LogP contribution in [0.5, 0.6) is 0 Å². The maximum absolute atomic E-state index is 11.0. The van der Waals surface area contributed by atoms with Crippen molar-refractivity contribution in [1.82, 2.24) is 9.80 Å². The fourth-order valence-corrected chi connectivity index (χ4v) is 3.35. The van der Waals surface area contributed by atoms with E-state index in [2.05, 4.69) is 28.0 Å². The number of rotatable bonds is 5. The van der Waals surface area contributed by atoms with Crippen LogP contribution in [-0.4, -0.2) is 53.6 Å². The predicted molar refractivity (Wildman–Crippen MR) is 99.4 cm³/mol. The van der Waals surface area contributed by atoms with Gasteiger partial charge in [-0.25, -0.2) is 10.1 Å². The number of halogens is 1. The van der Waals surface area contributed by atoms with E-state index in [-0.39, 0.29) is 0 Å². The average molecular weight is 409 g/mol. The highest BCUT2D eigenvalue weighted by Crippen LogP contribution is 2.23. The topological polar surface area (TPSA) is 71.2 Å². The molecule has 0 bridgehead atoms. The van der Waals surface area contributed by atoms with Gasteiger partial charge in [0.15, 0.2) is 5.03 Å². The maximum atomic E-state index is 11.0. The SMILES string of the molecule is CC1COCC1CN1CCN(C=Cc2ccc(Br)cc2)C1=N[N+](=O)[O-]. The summed E-state index contributed by atoms with van der Waals surface area (Å²) in [5, 5.41) is 14.0. The third-order valence-electron chi connectivity index (χ3n) is 4.61. The van der Waals surface area contributed by atoms with Crippen LogP contribution in [0, 0.1) is 22.0 Å². The molecule has 1 aromatic rings. The number of nitro groups is 1. The second kappa shape index (κ2) is 7.97. The summed E-state index contributed by atoms with van der Waals surface area (Å²) in [6, 6.07) is 7.89. The molecule has 2 saturated heterocycles. The van der Waals surface area contributed by atoms with E-state index < -0.39 is 5.03 Å². The maximum Gasteiger partial charge on any atom is 0.278 e. The second-order valence-corrected chi connectivity index (χ2v) is 7.34. The van der Waals surface area contributed by atoms with Crippen molar-refractivity contribution in [2.45, 2.75) is 6.92 Å². The van der Waals surface area contributed by atoms with Gasteiger partial charge in [-0.2, -0.15) is 0 Å². The van der Waals surface area contributed by atoms with E-state index in [1.54, 1.807) is 0 Å². The van der Waals surface area contributed by atoms with Crippen LogP contribution >= 0.6 is 15.9 Å². The van der Waals surface area contributed by atoms with Gasteiger partial charge in [0.25, 0.3) is 5.96 Å². The van der Waals surface area contributed by atoms with Crippen LogP contribution in [0.1, 0.15) is 12.5 Å². The first-order valence-corrected chi connectivity index (χ1v) is 9.08.